The third-order valence-electron chi connectivity index (χ3n) is 3.36. The predicted octanol–water partition coefficient (Wildman–Crippen LogP) is 1.53. The SMILES string of the molecule is CC(C)(C)NCc1ccc(CN2CCS(=O)CC2)nc1. The van der Waals surface area contributed by atoms with Gasteiger partial charge in [0.15, 0.2) is 0 Å². The van der Waals surface area contributed by atoms with E-state index in [9.17, 15) is 4.21 Å². The number of pyridine rings is 1. The quantitative estimate of drug-likeness (QED) is 0.915. The van der Waals surface area contributed by atoms with Crippen LogP contribution < -0.4 is 5.32 Å². The fourth-order valence-corrected chi connectivity index (χ4v) is 3.21. The van der Waals surface area contributed by atoms with Gasteiger partial charge in [-0.2, -0.15) is 0 Å². The van der Waals surface area contributed by atoms with E-state index in [2.05, 4.69) is 48.1 Å². The van der Waals surface area contributed by atoms with Gasteiger partial charge >= 0.3 is 0 Å². The van der Waals surface area contributed by atoms with E-state index < -0.39 is 10.8 Å². The molecule has 0 saturated carbocycles. The molecule has 1 aromatic rings. The number of rotatable bonds is 4. The summed E-state index contributed by atoms with van der Waals surface area (Å²) in [6, 6.07) is 4.24. The lowest BCUT2D eigenvalue weighted by Crippen LogP contribution is -2.37. The highest BCUT2D eigenvalue weighted by Crippen LogP contribution is 2.08. The molecule has 20 heavy (non-hydrogen) atoms. The zero-order chi connectivity index (χ0) is 14.6. The summed E-state index contributed by atoms with van der Waals surface area (Å²) < 4.78 is 11.3. The second-order valence-electron chi connectivity index (χ2n) is 6.39. The number of nitrogens with zero attached hydrogens (tertiary/aromatic N) is 2. The van der Waals surface area contributed by atoms with Crippen molar-refractivity contribution < 1.29 is 4.21 Å². The molecule has 0 bridgehead atoms. The molecule has 4 nitrogen and oxygen atoms in total. The maximum absolute atomic E-state index is 11.3. The van der Waals surface area contributed by atoms with Crippen molar-refractivity contribution in [3.05, 3.63) is 29.6 Å². The van der Waals surface area contributed by atoms with Gasteiger partial charge in [0.2, 0.25) is 0 Å². The summed E-state index contributed by atoms with van der Waals surface area (Å²) in [6.45, 7) is 10.0. The molecule has 112 valence electrons. The molecule has 1 saturated heterocycles. The Morgan fingerprint density at radius 1 is 1.30 bits per heavy atom. The molecule has 0 aliphatic carbocycles. The Balaban J connectivity index is 1.83. The van der Waals surface area contributed by atoms with Crippen molar-refractivity contribution in [2.45, 2.75) is 39.4 Å². The second kappa shape index (κ2) is 6.78. The van der Waals surface area contributed by atoms with E-state index in [0.717, 1.165) is 43.4 Å². The lowest BCUT2D eigenvalue weighted by molar-refractivity contribution is 0.288. The Labute approximate surface area is 124 Å². The normalized spacial score (nSPS) is 18.4. The molecule has 1 aromatic heterocycles. The van der Waals surface area contributed by atoms with Crippen molar-refractivity contribution in [3.63, 3.8) is 0 Å². The molecule has 2 rings (SSSR count). The molecule has 1 fully saturated rings. The number of nitrogens with one attached hydrogen (secondary N) is 1. The third-order valence-corrected chi connectivity index (χ3v) is 4.64. The van der Waals surface area contributed by atoms with E-state index in [1.807, 2.05) is 6.20 Å². The first-order valence-corrected chi connectivity index (χ1v) is 8.67. The van der Waals surface area contributed by atoms with Crippen molar-refractivity contribution in [3.8, 4) is 0 Å². The lowest BCUT2D eigenvalue weighted by atomic mass is 10.1. The number of hydrogen-bond acceptors (Lipinski definition) is 4. The van der Waals surface area contributed by atoms with E-state index >= 15 is 0 Å². The lowest BCUT2D eigenvalue weighted by Gasteiger charge is -2.25. The van der Waals surface area contributed by atoms with Crippen molar-refractivity contribution in [1.29, 1.82) is 0 Å². The van der Waals surface area contributed by atoms with E-state index in [0.29, 0.717) is 0 Å². The van der Waals surface area contributed by atoms with Crippen LogP contribution in [0.2, 0.25) is 0 Å². The average Bonchev–Trinajstić information content (AvgIpc) is 2.40. The summed E-state index contributed by atoms with van der Waals surface area (Å²) in [6.07, 6.45) is 1.95. The molecule has 0 spiro atoms. The number of hydrogen-bond donors (Lipinski definition) is 1. The van der Waals surface area contributed by atoms with Gasteiger partial charge in [0, 0.05) is 60.2 Å². The minimum Gasteiger partial charge on any atom is -0.308 e. The Kier molecular flexibility index (Phi) is 5.29. The highest BCUT2D eigenvalue weighted by molar-refractivity contribution is 7.85. The molecule has 5 heteroatoms. The first-order chi connectivity index (χ1) is 9.42. The number of aromatic nitrogens is 1. The first-order valence-electron chi connectivity index (χ1n) is 7.18. The Morgan fingerprint density at radius 2 is 2.00 bits per heavy atom. The van der Waals surface area contributed by atoms with Gasteiger partial charge in [-0.25, -0.2) is 0 Å². The molecule has 1 aliphatic heterocycles. The summed E-state index contributed by atoms with van der Waals surface area (Å²) in [5, 5.41) is 3.46. The molecule has 0 aromatic carbocycles. The summed E-state index contributed by atoms with van der Waals surface area (Å²) >= 11 is 0. The maximum Gasteiger partial charge on any atom is 0.0544 e. The Bertz CT molecular complexity index is 443. The summed E-state index contributed by atoms with van der Waals surface area (Å²) in [5.74, 6) is 1.60. The minimum atomic E-state index is -0.604. The van der Waals surface area contributed by atoms with Gasteiger partial charge in [-0.1, -0.05) is 6.07 Å². The summed E-state index contributed by atoms with van der Waals surface area (Å²) in [5.41, 5.74) is 2.43. The van der Waals surface area contributed by atoms with Crippen LogP contribution in [0.1, 0.15) is 32.0 Å². The standard InChI is InChI=1S/C15H25N3OS/c1-15(2,3)17-11-13-4-5-14(16-10-13)12-18-6-8-20(19)9-7-18/h4-5,10,17H,6-9,11-12H2,1-3H3. The van der Waals surface area contributed by atoms with E-state index in [1.54, 1.807) is 0 Å². The highest BCUT2D eigenvalue weighted by Gasteiger charge is 2.15. The van der Waals surface area contributed by atoms with Crippen molar-refractivity contribution in [1.82, 2.24) is 15.2 Å². The molecule has 0 atom stereocenters. The van der Waals surface area contributed by atoms with Crippen LogP contribution in [0.25, 0.3) is 0 Å². The fourth-order valence-electron chi connectivity index (χ4n) is 2.08. The topological polar surface area (TPSA) is 45.2 Å². The van der Waals surface area contributed by atoms with Gasteiger partial charge in [-0.15, -0.1) is 0 Å². The molecule has 1 N–H and O–H groups in total. The zero-order valence-electron chi connectivity index (χ0n) is 12.7. The molecule has 0 amide bonds. The van der Waals surface area contributed by atoms with Gasteiger partial charge in [0.25, 0.3) is 0 Å². The van der Waals surface area contributed by atoms with E-state index in [-0.39, 0.29) is 5.54 Å². The minimum absolute atomic E-state index is 0.127. The van der Waals surface area contributed by atoms with Crippen LogP contribution in [0.15, 0.2) is 18.3 Å². The van der Waals surface area contributed by atoms with Gasteiger partial charge in [-0.05, 0) is 32.4 Å². The molecule has 0 unspecified atom stereocenters. The molecular formula is C15H25N3OS. The van der Waals surface area contributed by atoms with Crippen LogP contribution >= 0.6 is 0 Å². The molecule has 2 heterocycles. The molecule has 1 aliphatic rings. The molecular weight excluding hydrogens is 270 g/mol. The van der Waals surface area contributed by atoms with Crippen LogP contribution in [-0.2, 0) is 23.9 Å². The largest absolute Gasteiger partial charge is 0.308 e. The second-order valence-corrected chi connectivity index (χ2v) is 8.08. The van der Waals surface area contributed by atoms with Crippen molar-refractivity contribution in [2.75, 3.05) is 24.6 Å². The highest BCUT2D eigenvalue weighted by atomic mass is 32.2. The van der Waals surface area contributed by atoms with Crippen molar-refractivity contribution >= 4 is 10.8 Å². The first kappa shape index (κ1) is 15.6. The fraction of sp³-hybridized carbons (Fsp3) is 0.667. The average molecular weight is 295 g/mol. The van der Waals surface area contributed by atoms with Gasteiger partial charge in [0.05, 0.1) is 5.69 Å². The van der Waals surface area contributed by atoms with Crippen LogP contribution in [0.3, 0.4) is 0 Å². The third kappa shape index (κ3) is 5.31. The smallest absolute Gasteiger partial charge is 0.0544 e. The van der Waals surface area contributed by atoms with Crippen molar-refractivity contribution in [2.24, 2.45) is 0 Å². The van der Waals surface area contributed by atoms with Gasteiger partial charge in [-0.3, -0.25) is 14.1 Å². The maximum atomic E-state index is 11.3. The Hall–Kier alpha value is -0.780. The predicted molar refractivity (Wildman–Crippen MR) is 84.0 cm³/mol. The van der Waals surface area contributed by atoms with Crippen LogP contribution in [-0.4, -0.2) is 44.2 Å². The van der Waals surface area contributed by atoms with Crippen LogP contribution in [0, 0.1) is 0 Å². The Morgan fingerprint density at radius 3 is 2.55 bits per heavy atom. The van der Waals surface area contributed by atoms with Crippen LogP contribution in [0.4, 0.5) is 0 Å². The van der Waals surface area contributed by atoms with E-state index in [1.165, 1.54) is 5.56 Å². The van der Waals surface area contributed by atoms with Gasteiger partial charge in [0.1, 0.15) is 0 Å². The monoisotopic (exact) mass is 295 g/mol. The van der Waals surface area contributed by atoms with E-state index in [4.69, 9.17) is 0 Å². The molecule has 0 radical (unpaired) electrons. The summed E-state index contributed by atoms with van der Waals surface area (Å²) in [4.78, 5) is 6.87. The van der Waals surface area contributed by atoms with Gasteiger partial charge < -0.3 is 5.32 Å². The summed E-state index contributed by atoms with van der Waals surface area (Å²) in [7, 11) is -0.604. The zero-order valence-corrected chi connectivity index (χ0v) is 13.5. The van der Waals surface area contributed by atoms with Crippen LogP contribution in [0.5, 0.6) is 0 Å².